The van der Waals surface area contributed by atoms with Gasteiger partial charge in [-0.15, -0.1) is 0 Å². The first-order valence-electron chi connectivity index (χ1n) is 4.05. The van der Waals surface area contributed by atoms with Gasteiger partial charge in [0, 0.05) is 18.7 Å². The largest absolute Gasteiger partial charge is 0.292 e. The van der Waals surface area contributed by atoms with Crippen molar-refractivity contribution in [3.05, 3.63) is 24.3 Å². The van der Waals surface area contributed by atoms with Crippen LogP contribution in [0, 0.1) is 5.92 Å². The predicted molar refractivity (Wildman–Crippen MR) is 46.7 cm³/mol. The summed E-state index contributed by atoms with van der Waals surface area (Å²) in [4.78, 5) is 4.35. The van der Waals surface area contributed by atoms with Gasteiger partial charge in [-0.2, -0.15) is 0 Å². The minimum absolute atomic E-state index is 0.315. The average Bonchev–Trinajstić information content (AvgIpc) is 2.28. The van der Waals surface area contributed by atoms with E-state index in [0.29, 0.717) is 12.1 Å². The minimum atomic E-state index is 0.315. The highest BCUT2D eigenvalue weighted by Gasteiger charge is 2.18. The monoisotopic (exact) mass is 148 g/mol. The normalized spacial score (nSPS) is 34.9. The lowest BCUT2D eigenvalue weighted by atomic mass is 10.0. The van der Waals surface area contributed by atoms with Crippen LogP contribution in [0.4, 0.5) is 0 Å². The van der Waals surface area contributed by atoms with Gasteiger partial charge in [0.2, 0.25) is 0 Å². The number of nitrogens with one attached hydrogen (secondary N) is 1. The van der Waals surface area contributed by atoms with Crippen LogP contribution in [0.25, 0.3) is 0 Å². The van der Waals surface area contributed by atoms with Crippen molar-refractivity contribution >= 4 is 6.21 Å². The number of hydrogen-bond donors (Lipinski definition) is 1. The van der Waals surface area contributed by atoms with Gasteiger partial charge in [-0.1, -0.05) is 18.2 Å². The van der Waals surface area contributed by atoms with Gasteiger partial charge in [0.05, 0.1) is 0 Å². The van der Waals surface area contributed by atoms with Crippen molar-refractivity contribution in [3.63, 3.8) is 0 Å². The van der Waals surface area contributed by atoms with E-state index in [2.05, 4.69) is 28.5 Å². The number of fused-ring (bicyclic) bond motifs is 1. The summed E-state index contributed by atoms with van der Waals surface area (Å²) in [5.41, 5.74) is 0. The van der Waals surface area contributed by atoms with Gasteiger partial charge in [-0.05, 0) is 12.5 Å². The fourth-order valence-electron chi connectivity index (χ4n) is 1.49. The Morgan fingerprint density at radius 2 is 2.36 bits per heavy atom. The molecule has 0 fully saturated rings. The second-order valence-electron chi connectivity index (χ2n) is 2.91. The van der Waals surface area contributed by atoms with Crippen LogP contribution in [-0.2, 0) is 0 Å². The third-order valence-corrected chi connectivity index (χ3v) is 2.12. The number of allylic oxidation sites excluding steroid dienone is 2. The van der Waals surface area contributed by atoms with E-state index in [1.165, 1.54) is 0 Å². The predicted octanol–water partition coefficient (Wildman–Crippen LogP) is 1.12. The fourth-order valence-corrected chi connectivity index (χ4v) is 1.49. The maximum Gasteiger partial charge on any atom is 0.106 e. The molecule has 2 heteroatoms. The second kappa shape index (κ2) is 3.01. The highest BCUT2D eigenvalue weighted by molar-refractivity contribution is 5.72. The Kier molecular flexibility index (Phi) is 1.86. The topological polar surface area (TPSA) is 24.4 Å². The second-order valence-corrected chi connectivity index (χ2v) is 2.91. The average molecular weight is 148 g/mol. The lowest BCUT2D eigenvalue weighted by Crippen LogP contribution is -2.33. The van der Waals surface area contributed by atoms with Crippen LogP contribution in [0.5, 0.6) is 0 Å². The molecule has 2 unspecified atom stereocenters. The van der Waals surface area contributed by atoms with Gasteiger partial charge in [0.1, 0.15) is 6.17 Å². The van der Waals surface area contributed by atoms with E-state index in [4.69, 9.17) is 0 Å². The number of aliphatic imine (C=N–C) groups is 1. The minimum Gasteiger partial charge on any atom is -0.292 e. The smallest absolute Gasteiger partial charge is 0.106 e. The van der Waals surface area contributed by atoms with Crippen LogP contribution < -0.4 is 5.32 Å². The third-order valence-electron chi connectivity index (χ3n) is 2.12. The molecule has 0 aromatic rings. The maximum absolute atomic E-state index is 4.35. The van der Waals surface area contributed by atoms with E-state index in [9.17, 15) is 0 Å². The summed E-state index contributed by atoms with van der Waals surface area (Å²) >= 11 is 0. The van der Waals surface area contributed by atoms with E-state index in [1.807, 2.05) is 12.3 Å². The first-order chi connectivity index (χ1) is 5.47. The summed E-state index contributed by atoms with van der Waals surface area (Å²) in [6.07, 6.45) is 12.0. The lowest BCUT2D eigenvalue weighted by molar-refractivity contribution is 0.448. The van der Waals surface area contributed by atoms with Crippen LogP contribution >= 0.6 is 0 Å². The molecule has 0 saturated heterocycles. The molecule has 1 N–H and O–H groups in total. The molecule has 58 valence electrons. The molecule has 0 saturated carbocycles. The van der Waals surface area contributed by atoms with Crippen molar-refractivity contribution in [2.24, 2.45) is 10.9 Å². The van der Waals surface area contributed by atoms with Crippen molar-refractivity contribution in [1.29, 1.82) is 0 Å². The van der Waals surface area contributed by atoms with Gasteiger partial charge in [-0.25, -0.2) is 0 Å². The molecule has 2 atom stereocenters. The summed E-state index contributed by atoms with van der Waals surface area (Å²) < 4.78 is 0. The molecule has 0 aliphatic carbocycles. The van der Waals surface area contributed by atoms with E-state index < -0.39 is 0 Å². The first-order valence-corrected chi connectivity index (χ1v) is 4.05. The Hall–Kier alpha value is -0.890. The summed E-state index contributed by atoms with van der Waals surface area (Å²) in [5.74, 6) is 0.568. The van der Waals surface area contributed by atoms with Crippen LogP contribution in [0.1, 0.15) is 6.42 Å². The Balaban J connectivity index is 2.13. The molecule has 0 spiro atoms. The Morgan fingerprint density at radius 1 is 1.36 bits per heavy atom. The SMILES string of the molecule is C1=CC2CC=CCNC2N=C1. The third kappa shape index (κ3) is 1.40. The first kappa shape index (κ1) is 6.80. The highest BCUT2D eigenvalue weighted by atomic mass is 15.1. The van der Waals surface area contributed by atoms with Gasteiger partial charge in [-0.3, -0.25) is 10.3 Å². The lowest BCUT2D eigenvalue weighted by Gasteiger charge is -2.20. The van der Waals surface area contributed by atoms with Gasteiger partial charge < -0.3 is 0 Å². The zero-order chi connectivity index (χ0) is 7.52. The molecule has 0 bridgehead atoms. The molecule has 2 aliphatic heterocycles. The molecule has 0 radical (unpaired) electrons. The molecule has 2 rings (SSSR count). The van der Waals surface area contributed by atoms with E-state index in [1.54, 1.807) is 0 Å². The fraction of sp³-hybridized carbons (Fsp3) is 0.444. The quantitative estimate of drug-likeness (QED) is 0.511. The molecular weight excluding hydrogens is 136 g/mol. The molecule has 0 aromatic carbocycles. The van der Waals surface area contributed by atoms with E-state index >= 15 is 0 Å². The van der Waals surface area contributed by atoms with E-state index in [-0.39, 0.29) is 0 Å². The van der Waals surface area contributed by atoms with E-state index in [0.717, 1.165) is 13.0 Å². The van der Waals surface area contributed by atoms with Crippen molar-refractivity contribution in [3.8, 4) is 0 Å². The molecule has 0 amide bonds. The highest BCUT2D eigenvalue weighted by Crippen LogP contribution is 2.17. The molecule has 0 aromatic heterocycles. The summed E-state index contributed by atoms with van der Waals surface area (Å²) in [5, 5.41) is 3.35. The number of hydrogen-bond acceptors (Lipinski definition) is 2. The van der Waals surface area contributed by atoms with Crippen molar-refractivity contribution in [1.82, 2.24) is 5.32 Å². The summed E-state index contributed by atoms with van der Waals surface area (Å²) in [6, 6.07) is 0. The molecule has 2 heterocycles. The Morgan fingerprint density at radius 3 is 3.36 bits per heavy atom. The number of dihydropyridines is 1. The Labute approximate surface area is 66.7 Å². The molecule has 11 heavy (non-hydrogen) atoms. The van der Waals surface area contributed by atoms with Crippen LogP contribution in [-0.4, -0.2) is 18.9 Å². The van der Waals surface area contributed by atoms with Gasteiger partial charge in [0.25, 0.3) is 0 Å². The number of nitrogens with zero attached hydrogens (tertiary/aromatic N) is 1. The Bertz CT molecular complexity index is 216. The molecule has 2 nitrogen and oxygen atoms in total. The van der Waals surface area contributed by atoms with Crippen molar-refractivity contribution in [2.45, 2.75) is 12.6 Å². The van der Waals surface area contributed by atoms with Crippen molar-refractivity contribution < 1.29 is 0 Å². The van der Waals surface area contributed by atoms with Crippen LogP contribution in [0.2, 0.25) is 0 Å². The zero-order valence-electron chi connectivity index (χ0n) is 6.40. The van der Waals surface area contributed by atoms with Crippen LogP contribution in [0.3, 0.4) is 0 Å². The van der Waals surface area contributed by atoms with Crippen molar-refractivity contribution in [2.75, 3.05) is 6.54 Å². The number of rotatable bonds is 0. The maximum atomic E-state index is 4.35. The standard InChI is InChI=1S/C9H12N2/c1-2-6-10-9-8(4-1)5-3-7-11-9/h1-3,5,7-10H,4,6H2. The van der Waals surface area contributed by atoms with Gasteiger partial charge in [0.15, 0.2) is 0 Å². The molecular formula is C9H12N2. The summed E-state index contributed by atoms with van der Waals surface area (Å²) in [7, 11) is 0. The van der Waals surface area contributed by atoms with Gasteiger partial charge >= 0.3 is 0 Å². The summed E-state index contributed by atoms with van der Waals surface area (Å²) in [6.45, 7) is 0.951. The van der Waals surface area contributed by atoms with Crippen LogP contribution in [0.15, 0.2) is 29.3 Å². The zero-order valence-corrected chi connectivity index (χ0v) is 6.40. The molecule has 2 aliphatic rings.